The van der Waals surface area contributed by atoms with E-state index < -0.39 is 16.2 Å². The minimum Gasteiger partial charge on any atom is -0.493 e. The molecule has 29 heavy (non-hydrogen) atoms. The predicted molar refractivity (Wildman–Crippen MR) is 111 cm³/mol. The number of benzene rings is 2. The van der Waals surface area contributed by atoms with Crippen LogP contribution in [0.5, 0.6) is 17.2 Å². The van der Waals surface area contributed by atoms with Gasteiger partial charge in [-0.05, 0) is 38.0 Å². The fourth-order valence-electron chi connectivity index (χ4n) is 3.91. The first-order chi connectivity index (χ1) is 13.9. The second kappa shape index (κ2) is 9.05. The number of methoxy groups -OCH3 is 3. The second-order valence-corrected chi connectivity index (χ2v) is 8.79. The largest absolute Gasteiger partial charge is 0.493 e. The van der Waals surface area contributed by atoms with Crippen LogP contribution >= 0.6 is 0 Å². The molecule has 0 aliphatic heterocycles. The molecule has 0 bridgehead atoms. The van der Waals surface area contributed by atoms with Gasteiger partial charge in [0.05, 0.1) is 32.3 Å². The highest BCUT2D eigenvalue weighted by Crippen LogP contribution is 2.47. The fraction of sp³-hybridized carbons (Fsp3) is 0.455. The first-order valence-electron chi connectivity index (χ1n) is 9.70. The van der Waals surface area contributed by atoms with Crippen LogP contribution in [-0.4, -0.2) is 35.9 Å². The second-order valence-electron chi connectivity index (χ2n) is 7.22. The Bertz CT molecular complexity index is 937. The van der Waals surface area contributed by atoms with Crippen molar-refractivity contribution in [3.63, 3.8) is 0 Å². The van der Waals surface area contributed by atoms with Crippen molar-refractivity contribution in [2.75, 3.05) is 21.3 Å². The number of hydrogen-bond acceptors (Lipinski definition) is 6. The summed E-state index contributed by atoms with van der Waals surface area (Å²) >= 11 is 0. The quantitative estimate of drug-likeness (QED) is 0.616. The molecular formula is C22H28O6S. The van der Waals surface area contributed by atoms with Crippen molar-refractivity contribution >= 4 is 10.1 Å². The van der Waals surface area contributed by atoms with Gasteiger partial charge < -0.3 is 14.2 Å². The predicted octanol–water partition coefficient (Wildman–Crippen LogP) is 4.45. The standard InChI is InChI=1S/C22H28O6S/c1-15-9-11-16(12-10-15)29(23,24)28-19-8-6-5-7-17(19)18-13-14-20(25-2)22(27-4)21(18)26-3/h9-14,17,19H,5-8H2,1-4H3/t17-,19-/m0/s1. The molecule has 7 heteroatoms. The average molecular weight is 421 g/mol. The summed E-state index contributed by atoms with van der Waals surface area (Å²) in [6.07, 6.45) is 2.90. The zero-order valence-electron chi connectivity index (χ0n) is 17.3. The SMILES string of the molecule is COc1ccc([C@@H]2CCCC[C@@H]2OS(=O)(=O)c2ccc(C)cc2)c(OC)c1OC. The van der Waals surface area contributed by atoms with Crippen molar-refractivity contribution in [2.45, 2.75) is 49.5 Å². The van der Waals surface area contributed by atoms with E-state index in [2.05, 4.69) is 0 Å². The number of rotatable bonds is 7. The highest BCUT2D eigenvalue weighted by atomic mass is 32.2. The maximum atomic E-state index is 12.9. The van der Waals surface area contributed by atoms with Gasteiger partial charge in [0.15, 0.2) is 11.5 Å². The molecule has 1 saturated carbocycles. The molecule has 0 aromatic heterocycles. The van der Waals surface area contributed by atoms with Gasteiger partial charge in [0.25, 0.3) is 10.1 Å². The van der Waals surface area contributed by atoms with Crippen molar-refractivity contribution < 1.29 is 26.8 Å². The third-order valence-electron chi connectivity index (χ3n) is 5.40. The van der Waals surface area contributed by atoms with E-state index in [0.717, 1.165) is 30.4 Å². The summed E-state index contributed by atoms with van der Waals surface area (Å²) < 4.78 is 48.0. The van der Waals surface area contributed by atoms with Gasteiger partial charge in [-0.1, -0.05) is 36.6 Å². The molecule has 0 heterocycles. The summed E-state index contributed by atoms with van der Waals surface area (Å²) in [6.45, 7) is 1.91. The maximum Gasteiger partial charge on any atom is 0.297 e. The van der Waals surface area contributed by atoms with Crippen LogP contribution in [0.15, 0.2) is 41.3 Å². The number of hydrogen-bond donors (Lipinski definition) is 0. The van der Waals surface area contributed by atoms with Gasteiger partial charge in [0, 0.05) is 11.5 Å². The Morgan fingerprint density at radius 3 is 2.10 bits per heavy atom. The van der Waals surface area contributed by atoms with E-state index in [1.807, 2.05) is 19.1 Å². The van der Waals surface area contributed by atoms with Gasteiger partial charge in [0.1, 0.15) is 0 Å². The lowest BCUT2D eigenvalue weighted by Crippen LogP contribution is -2.29. The molecule has 0 amide bonds. The molecule has 1 aliphatic rings. The molecule has 0 saturated heterocycles. The molecule has 2 atom stereocenters. The van der Waals surface area contributed by atoms with Gasteiger partial charge in [-0.3, -0.25) is 4.18 Å². The molecule has 2 aromatic rings. The Morgan fingerprint density at radius 2 is 1.48 bits per heavy atom. The van der Waals surface area contributed by atoms with E-state index in [-0.39, 0.29) is 10.8 Å². The highest BCUT2D eigenvalue weighted by molar-refractivity contribution is 7.86. The first kappa shape index (κ1) is 21.5. The van der Waals surface area contributed by atoms with Crippen molar-refractivity contribution in [2.24, 2.45) is 0 Å². The average Bonchev–Trinajstić information content (AvgIpc) is 2.73. The monoisotopic (exact) mass is 420 g/mol. The molecule has 3 rings (SSSR count). The van der Waals surface area contributed by atoms with Crippen LogP contribution in [0.3, 0.4) is 0 Å². The van der Waals surface area contributed by atoms with Crippen LogP contribution in [0.2, 0.25) is 0 Å². The molecule has 1 fully saturated rings. The summed E-state index contributed by atoms with van der Waals surface area (Å²) in [5, 5.41) is 0. The van der Waals surface area contributed by atoms with Crippen LogP contribution < -0.4 is 14.2 Å². The molecule has 158 valence electrons. The Labute approximate surface area is 172 Å². The van der Waals surface area contributed by atoms with E-state index in [0.29, 0.717) is 23.7 Å². The van der Waals surface area contributed by atoms with Gasteiger partial charge >= 0.3 is 0 Å². The molecule has 1 aliphatic carbocycles. The molecular weight excluding hydrogens is 392 g/mol. The van der Waals surface area contributed by atoms with Crippen molar-refractivity contribution in [1.82, 2.24) is 0 Å². The highest BCUT2D eigenvalue weighted by Gasteiger charge is 2.35. The number of ether oxygens (including phenoxy) is 3. The van der Waals surface area contributed by atoms with E-state index >= 15 is 0 Å². The molecule has 2 aromatic carbocycles. The smallest absolute Gasteiger partial charge is 0.297 e. The molecule has 0 radical (unpaired) electrons. The number of aryl methyl sites for hydroxylation is 1. The lowest BCUT2D eigenvalue weighted by Gasteiger charge is -2.32. The fourth-order valence-corrected chi connectivity index (χ4v) is 5.04. The summed E-state index contributed by atoms with van der Waals surface area (Å²) in [4.78, 5) is 0.173. The zero-order valence-corrected chi connectivity index (χ0v) is 18.1. The van der Waals surface area contributed by atoms with Crippen molar-refractivity contribution in [3.05, 3.63) is 47.5 Å². The van der Waals surface area contributed by atoms with Gasteiger partial charge in [-0.15, -0.1) is 0 Å². The minimum atomic E-state index is -3.86. The van der Waals surface area contributed by atoms with E-state index in [9.17, 15) is 8.42 Å². The summed E-state index contributed by atoms with van der Waals surface area (Å²) in [6, 6.07) is 10.4. The lowest BCUT2D eigenvalue weighted by atomic mass is 9.81. The van der Waals surface area contributed by atoms with E-state index in [1.54, 1.807) is 45.6 Å². The third kappa shape index (κ3) is 4.51. The molecule has 0 unspecified atom stereocenters. The van der Waals surface area contributed by atoms with Crippen LogP contribution in [0.1, 0.15) is 42.7 Å². The van der Waals surface area contributed by atoms with Crippen LogP contribution in [0, 0.1) is 6.92 Å². The molecule has 6 nitrogen and oxygen atoms in total. The minimum absolute atomic E-state index is 0.126. The summed E-state index contributed by atoms with van der Waals surface area (Å²) in [7, 11) is 0.833. The van der Waals surface area contributed by atoms with Gasteiger partial charge in [0.2, 0.25) is 5.75 Å². The summed E-state index contributed by atoms with van der Waals surface area (Å²) in [5.74, 6) is 1.49. The Morgan fingerprint density at radius 1 is 0.828 bits per heavy atom. The Hall–Kier alpha value is -2.25. The third-order valence-corrected chi connectivity index (χ3v) is 6.75. The Balaban J connectivity index is 1.95. The van der Waals surface area contributed by atoms with Gasteiger partial charge in [-0.2, -0.15) is 8.42 Å². The topological polar surface area (TPSA) is 71.1 Å². The maximum absolute atomic E-state index is 12.9. The van der Waals surface area contributed by atoms with E-state index in [4.69, 9.17) is 18.4 Å². The van der Waals surface area contributed by atoms with Gasteiger partial charge in [-0.25, -0.2) is 0 Å². The van der Waals surface area contributed by atoms with Crippen molar-refractivity contribution in [3.8, 4) is 17.2 Å². The Kier molecular flexibility index (Phi) is 6.70. The first-order valence-corrected chi connectivity index (χ1v) is 11.1. The van der Waals surface area contributed by atoms with Crippen molar-refractivity contribution in [1.29, 1.82) is 0 Å². The lowest BCUT2D eigenvalue weighted by molar-refractivity contribution is 0.135. The molecule has 0 spiro atoms. The van der Waals surface area contributed by atoms with Crippen LogP contribution in [0.25, 0.3) is 0 Å². The molecule has 0 N–H and O–H groups in total. The van der Waals surface area contributed by atoms with Crippen LogP contribution in [-0.2, 0) is 14.3 Å². The zero-order chi connectivity index (χ0) is 21.0. The van der Waals surface area contributed by atoms with E-state index in [1.165, 1.54) is 0 Å². The normalized spacial score (nSPS) is 19.6. The van der Waals surface area contributed by atoms with Crippen LogP contribution in [0.4, 0.5) is 0 Å². The summed E-state index contributed by atoms with van der Waals surface area (Å²) in [5.41, 5.74) is 1.86.